The number of para-hydroxylation sites is 1. The number of nitrogens with zero attached hydrogens (tertiary/aromatic N) is 1. The fourth-order valence-electron chi connectivity index (χ4n) is 2.93. The van der Waals surface area contributed by atoms with Crippen molar-refractivity contribution in [1.82, 2.24) is 15.6 Å². The van der Waals surface area contributed by atoms with E-state index in [0.29, 0.717) is 24.5 Å². The molecule has 0 aliphatic rings. The number of amides is 3. The topological polar surface area (TPSA) is 92.4 Å². The Morgan fingerprint density at radius 3 is 2.26 bits per heavy atom. The first-order valence-corrected chi connectivity index (χ1v) is 10.2. The van der Waals surface area contributed by atoms with Crippen LogP contribution in [0.4, 0.5) is 10.5 Å². The van der Waals surface area contributed by atoms with Crippen LogP contribution in [0.25, 0.3) is 11.1 Å². The van der Waals surface area contributed by atoms with Crippen LogP contribution in [0, 0.1) is 0 Å². The van der Waals surface area contributed by atoms with E-state index < -0.39 is 0 Å². The van der Waals surface area contributed by atoms with Crippen LogP contribution in [0.15, 0.2) is 79.1 Å². The molecular weight excluding hydrogens is 392 g/mol. The van der Waals surface area contributed by atoms with E-state index >= 15 is 0 Å². The number of hydrogen-bond acceptors (Lipinski definition) is 4. The summed E-state index contributed by atoms with van der Waals surface area (Å²) >= 11 is 0. The summed E-state index contributed by atoms with van der Waals surface area (Å²) in [5, 5.41) is 8.34. The molecule has 2 aromatic carbocycles. The molecule has 3 amide bonds. The SMILES string of the molecule is O=C(COc1ccccc1-c1ccccc1)NCCCCNC(=O)Nc1ccncc1. The number of rotatable bonds is 10. The maximum Gasteiger partial charge on any atom is 0.319 e. The third-order valence-electron chi connectivity index (χ3n) is 4.48. The van der Waals surface area contributed by atoms with E-state index in [4.69, 9.17) is 4.74 Å². The number of carbonyl (C=O) groups is 2. The van der Waals surface area contributed by atoms with Crippen LogP contribution in [-0.4, -0.2) is 36.6 Å². The van der Waals surface area contributed by atoms with Gasteiger partial charge < -0.3 is 20.7 Å². The minimum absolute atomic E-state index is 0.0452. The van der Waals surface area contributed by atoms with Gasteiger partial charge in [-0.25, -0.2) is 4.79 Å². The van der Waals surface area contributed by atoms with Crippen LogP contribution in [0.5, 0.6) is 5.75 Å². The van der Waals surface area contributed by atoms with Crippen LogP contribution in [0.1, 0.15) is 12.8 Å². The van der Waals surface area contributed by atoms with E-state index in [1.807, 2.05) is 54.6 Å². The molecule has 0 spiro atoms. The molecule has 1 heterocycles. The highest BCUT2D eigenvalue weighted by Gasteiger charge is 2.08. The molecule has 1 aromatic heterocycles. The third kappa shape index (κ3) is 7.47. The van der Waals surface area contributed by atoms with Crippen molar-refractivity contribution in [3.05, 3.63) is 79.1 Å². The second kappa shape index (κ2) is 12.0. The van der Waals surface area contributed by atoms with Gasteiger partial charge in [0.25, 0.3) is 5.91 Å². The zero-order valence-electron chi connectivity index (χ0n) is 17.2. The second-order valence-electron chi connectivity index (χ2n) is 6.82. The monoisotopic (exact) mass is 418 g/mol. The Kier molecular flexibility index (Phi) is 8.43. The number of benzene rings is 2. The number of urea groups is 1. The first kappa shape index (κ1) is 21.8. The Morgan fingerprint density at radius 1 is 0.806 bits per heavy atom. The molecule has 0 saturated heterocycles. The van der Waals surface area contributed by atoms with E-state index in [-0.39, 0.29) is 18.5 Å². The van der Waals surface area contributed by atoms with Crippen molar-refractivity contribution >= 4 is 17.6 Å². The Hall–Kier alpha value is -3.87. The molecule has 3 rings (SSSR count). The quantitative estimate of drug-likeness (QED) is 0.436. The van der Waals surface area contributed by atoms with Gasteiger partial charge in [-0.3, -0.25) is 9.78 Å². The van der Waals surface area contributed by atoms with Crippen molar-refractivity contribution < 1.29 is 14.3 Å². The minimum atomic E-state index is -0.263. The number of aromatic nitrogens is 1. The average Bonchev–Trinajstić information content (AvgIpc) is 2.81. The summed E-state index contributed by atoms with van der Waals surface area (Å²) in [6.45, 7) is 1.00. The lowest BCUT2D eigenvalue weighted by molar-refractivity contribution is -0.123. The number of nitrogens with one attached hydrogen (secondary N) is 3. The lowest BCUT2D eigenvalue weighted by Gasteiger charge is -2.12. The smallest absolute Gasteiger partial charge is 0.319 e. The van der Waals surface area contributed by atoms with Crippen molar-refractivity contribution in [1.29, 1.82) is 0 Å². The molecule has 7 heteroatoms. The molecule has 0 saturated carbocycles. The van der Waals surface area contributed by atoms with Crippen molar-refractivity contribution in [2.75, 3.05) is 25.0 Å². The van der Waals surface area contributed by atoms with Gasteiger partial charge >= 0.3 is 6.03 Å². The Balaban J connectivity index is 1.30. The third-order valence-corrected chi connectivity index (χ3v) is 4.48. The average molecular weight is 418 g/mol. The maximum absolute atomic E-state index is 12.1. The van der Waals surface area contributed by atoms with Crippen molar-refractivity contribution in [2.24, 2.45) is 0 Å². The van der Waals surface area contributed by atoms with Gasteiger partial charge in [-0.2, -0.15) is 0 Å². The Bertz CT molecular complexity index is 965. The zero-order valence-corrected chi connectivity index (χ0v) is 17.2. The predicted octanol–water partition coefficient (Wildman–Crippen LogP) is 3.85. The summed E-state index contributed by atoms with van der Waals surface area (Å²) in [6, 6.07) is 20.7. The summed E-state index contributed by atoms with van der Waals surface area (Å²) in [5.41, 5.74) is 2.68. The maximum atomic E-state index is 12.1. The lowest BCUT2D eigenvalue weighted by Crippen LogP contribution is -2.32. The van der Waals surface area contributed by atoms with Crippen LogP contribution in [0.2, 0.25) is 0 Å². The van der Waals surface area contributed by atoms with Gasteiger partial charge in [0, 0.05) is 36.7 Å². The molecule has 160 valence electrons. The lowest BCUT2D eigenvalue weighted by atomic mass is 10.1. The molecule has 7 nitrogen and oxygen atoms in total. The summed E-state index contributed by atoms with van der Waals surface area (Å²) in [5.74, 6) is 0.500. The van der Waals surface area contributed by atoms with Gasteiger partial charge in [-0.1, -0.05) is 48.5 Å². The fourth-order valence-corrected chi connectivity index (χ4v) is 2.93. The molecule has 0 radical (unpaired) electrons. The van der Waals surface area contributed by atoms with Gasteiger partial charge in [0.2, 0.25) is 0 Å². The highest BCUT2D eigenvalue weighted by atomic mass is 16.5. The number of pyridine rings is 1. The van der Waals surface area contributed by atoms with Crippen molar-refractivity contribution in [2.45, 2.75) is 12.8 Å². The van der Waals surface area contributed by atoms with Crippen molar-refractivity contribution in [3.63, 3.8) is 0 Å². The largest absolute Gasteiger partial charge is 0.483 e. The number of hydrogen-bond donors (Lipinski definition) is 3. The van der Waals surface area contributed by atoms with Gasteiger partial charge in [0.15, 0.2) is 6.61 Å². The minimum Gasteiger partial charge on any atom is -0.483 e. The molecule has 0 atom stereocenters. The second-order valence-corrected chi connectivity index (χ2v) is 6.82. The normalized spacial score (nSPS) is 10.2. The van der Waals surface area contributed by atoms with E-state index in [0.717, 1.165) is 24.0 Å². The van der Waals surface area contributed by atoms with Gasteiger partial charge in [0.05, 0.1) is 0 Å². The molecule has 0 aliphatic carbocycles. The zero-order chi connectivity index (χ0) is 21.7. The number of carbonyl (C=O) groups excluding carboxylic acids is 2. The first-order chi connectivity index (χ1) is 15.2. The molecule has 0 fully saturated rings. The standard InChI is InChI=1S/C24H26N4O3/c29-23(18-31-22-11-5-4-10-21(22)19-8-2-1-3-9-19)26-14-6-7-15-27-24(30)28-20-12-16-25-17-13-20/h1-5,8-13,16-17H,6-7,14-15,18H2,(H,26,29)(H2,25,27,28,30). The van der Waals surface area contributed by atoms with Crippen LogP contribution >= 0.6 is 0 Å². The highest BCUT2D eigenvalue weighted by Crippen LogP contribution is 2.29. The van der Waals surface area contributed by atoms with E-state index in [2.05, 4.69) is 20.9 Å². The van der Waals surface area contributed by atoms with Gasteiger partial charge in [0.1, 0.15) is 5.75 Å². The van der Waals surface area contributed by atoms with Crippen LogP contribution < -0.4 is 20.7 Å². The van der Waals surface area contributed by atoms with E-state index in [1.54, 1.807) is 24.5 Å². The first-order valence-electron chi connectivity index (χ1n) is 10.2. The molecule has 0 aliphatic heterocycles. The molecule has 31 heavy (non-hydrogen) atoms. The predicted molar refractivity (Wildman–Crippen MR) is 121 cm³/mol. The van der Waals surface area contributed by atoms with Crippen LogP contribution in [0.3, 0.4) is 0 Å². The Labute approximate surface area is 181 Å². The Morgan fingerprint density at radius 2 is 1.48 bits per heavy atom. The molecule has 0 unspecified atom stereocenters. The molecule has 3 aromatic rings. The molecule has 0 bridgehead atoms. The number of ether oxygens (including phenoxy) is 1. The highest BCUT2D eigenvalue weighted by molar-refractivity contribution is 5.89. The summed E-state index contributed by atoms with van der Waals surface area (Å²) < 4.78 is 5.74. The summed E-state index contributed by atoms with van der Waals surface area (Å²) in [4.78, 5) is 27.8. The molecular formula is C24H26N4O3. The fraction of sp³-hybridized carbons (Fsp3) is 0.208. The van der Waals surface area contributed by atoms with E-state index in [9.17, 15) is 9.59 Å². The number of unbranched alkanes of at least 4 members (excludes halogenated alkanes) is 1. The summed E-state index contributed by atoms with van der Waals surface area (Å²) in [7, 11) is 0. The van der Waals surface area contributed by atoms with Gasteiger partial charge in [-0.15, -0.1) is 0 Å². The van der Waals surface area contributed by atoms with Gasteiger partial charge in [-0.05, 0) is 36.6 Å². The number of anilines is 1. The van der Waals surface area contributed by atoms with Crippen molar-refractivity contribution in [3.8, 4) is 16.9 Å². The molecule has 3 N–H and O–H groups in total. The summed E-state index contributed by atoms with van der Waals surface area (Å²) in [6.07, 6.45) is 4.73. The van der Waals surface area contributed by atoms with E-state index in [1.165, 1.54) is 0 Å². The van der Waals surface area contributed by atoms with Crippen LogP contribution in [-0.2, 0) is 4.79 Å².